The molecule has 1 N–H and O–H groups in total. The molecule has 0 spiro atoms. The Balaban J connectivity index is 2.11. The molecule has 2 aliphatic rings. The maximum Gasteiger partial charge on any atom is 0.163 e. The molecule has 1 aliphatic heterocycles. The van der Waals surface area contributed by atoms with Crippen LogP contribution in [0, 0.1) is 5.92 Å². The number of aliphatic hydroxyl groups excluding tert-OH is 1. The van der Waals surface area contributed by atoms with Gasteiger partial charge < -0.3 is 14.6 Å². The molecule has 0 radical (unpaired) electrons. The minimum Gasteiger partial charge on any atom is -0.390 e. The smallest absolute Gasteiger partial charge is 0.163 e. The van der Waals surface area contributed by atoms with Crippen molar-refractivity contribution in [2.45, 2.75) is 44.4 Å². The Hall–Kier alpha value is -0.380. The van der Waals surface area contributed by atoms with Crippen LogP contribution in [-0.4, -0.2) is 29.2 Å². The monoisotopic (exact) mass is 184 g/mol. The third kappa shape index (κ3) is 1.41. The molecule has 0 aromatic rings. The first-order valence-electron chi connectivity index (χ1n) is 4.70. The minimum atomic E-state index is -0.539. The van der Waals surface area contributed by atoms with Crippen LogP contribution in [0.1, 0.15) is 20.3 Å². The minimum absolute atomic E-state index is 0.0352. The highest BCUT2D eigenvalue weighted by Crippen LogP contribution is 2.41. The van der Waals surface area contributed by atoms with E-state index >= 15 is 0 Å². The number of rotatable bonds is 1. The molecular formula is C10H16O3. The molecule has 3 nitrogen and oxygen atoms in total. The Labute approximate surface area is 78.3 Å². The summed E-state index contributed by atoms with van der Waals surface area (Å²) in [6, 6.07) is 0. The van der Waals surface area contributed by atoms with Crippen LogP contribution >= 0.6 is 0 Å². The van der Waals surface area contributed by atoms with Gasteiger partial charge in [0.2, 0.25) is 0 Å². The fraction of sp³-hybridized carbons (Fsp3) is 0.800. The summed E-state index contributed by atoms with van der Waals surface area (Å²) in [5.41, 5.74) is 0. The van der Waals surface area contributed by atoms with Crippen molar-refractivity contribution in [3.05, 3.63) is 12.7 Å². The first kappa shape index (κ1) is 9.19. The predicted molar refractivity (Wildman–Crippen MR) is 48.1 cm³/mol. The van der Waals surface area contributed by atoms with Crippen LogP contribution in [0.5, 0.6) is 0 Å². The van der Waals surface area contributed by atoms with E-state index in [0.29, 0.717) is 0 Å². The maximum absolute atomic E-state index is 9.82. The van der Waals surface area contributed by atoms with Gasteiger partial charge in [-0.05, 0) is 20.3 Å². The van der Waals surface area contributed by atoms with E-state index in [2.05, 4.69) is 6.58 Å². The lowest BCUT2D eigenvalue weighted by Crippen LogP contribution is -2.31. The SMILES string of the molecule is C=C[C@H]1C[C@@H]2OC(C)(C)O[C@@H]2[C@H]1O. The van der Waals surface area contributed by atoms with Crippen molar-refractivity contribution in [1.82, 2.24) is 0 Å². The van der Waals surface area contributed by atoms with E-state index in [1.807, 2.05) is 13.8 Å². The lowest BCUT2D eigenvalue weighted by atomic mass is 10.1. The van der Waals surface area contributed by atoms with Gasteiger partial charge in [0.25, 0.3) is 0 Å². The second kappa shape index (κ2) is 2.80. The van der Waals surface area contributed by atoms with Gasteiger partial charge in [-0.2, -0.15) is 0 Å². The zero-order valence-corrected chi connectivity index (χ0v) is 8.06. The van der Waals surface area contributed by atoms with Crippen LogP contribution in [0.25, 0.3) is 0 Å². The molecule has 3 heteroatoms. The molecule has 2 rings (SSSR count). The summed E-state index contributed by atoms with van der Waals surface area (Å²) in [5, 5.41) is 9.82. The summed E-state index contributed by atoms with van der Waals surface area (Å²) in [6.45, 7) is 7.44. The van der Waals surface area contributed by atoms with Crippen molar-refractivity contribution in [2.75, 3.05) is 0 Å². The fourth-order valence-corrected chi connectivity index (χ4v) is 2.22. The van der Waals surface area contributed by atoms with E-state index in [0.717, 1.165) is 6.42 Å². The second-order valence-electron chi connectivity index (χ2n) is 4.26. The van der Waals surface area contributed by atoms with Gasteiger partial charge in [0, 0.05) is 5.92 Å². The van der Waals surface area contributed by atoms with E-state index in [1.54, 1.807) is 6.08 Å². The largest absolute Gasteiger partial charge is 0.390 e. The van der Waals surface area contributed by atoms with Gasteiger partial charge in [-0.3, -0.25) is 0 Å². The van der Waals surface area contributed by atoms with Crippen LogP contribution in [0.2, 0.25) is 0 Å². The van der Waals surface area contributed by atoms with Crippen LogP contribution in [0.3, 0.4) is 0 Å². The summed E-state index contributed by atoms with van der Waals surface area (Å²) in [7, 11) is 0. The third-order valence-corrected chi connectivity index (χ3v) is 2.80. The van der Waals surface area contributed by atoms with Gasteiger partial charge in [-0.15, -0.1) is 6.58 Å². The molecule has 0 amide bonds. The van der Waals surface area contributed by atoms with Crippen molar-refractivity contribution in [3.8, 4) is 0 Å². The summed E-state index contributed by atoms with van der Waals surface area (Å²) >= 11 is 0. The molecule has 1 saturated heterocycles. The third-order valence-electron chi connectivity index (χ3n) is 2.80. The molecule has 0 aromatic heterocycles. The number of aliphatic hydroxyl groups is 1. The van der Waals surface area contributed by atoms with E-state index in [-0.39, 0.29) is 18.1 Å². The highest BCUT2D eigenvalue weighted by atomic mass is 16.8. The number of fused-ring (bicyclic) bond motifs is 1. The highest BCUT2D eigenvalue weighted by Gasteiger charge is 2.51. The quantitative estimate of drug-likeness (QED) is 0.620. The standard InChI is InChI=1S/C10H16O3/c1-4-6-5-7-9(8(6)11)13-10(2,3)12-7/h4,6-9,11H,1,5H2,2-3H3/t6-,7-,8-,9-/m0/s1. The average molecular weight is 184 g/mol. The molecule has 4 atom stereocenters. The topological polar surface area (TPSA) is 38.7 Å². The first-order valence-corrected chi connectivity index (χ1v) is 4.70. The zero-order valence-electron chi connectivity index (χ0n) is 8.06. The molecule has 74 valence electrons. The van der Waals surface area contributed by atoms with Gasteiger partial charge >= 0.3 is 0 Å². The molecule has 1 saturated carbocycles. The average Bonchev–Trinajstić information content (AvgIpc) is 2.47. The maximum atomic E-state index is 9.82. The van der Waals surface area contributed by atoms with Gasteiger partial charge in [-0.25, -0.2) is 0 Å². The molecule has 13 heavy (non-hydrogen) atoms. The Morgan fingerprint density at radius 2 is 2.15 bits per heavy atom. The van der Waals surface area contributed by atoms with Crippen LogP contribution < -0.4 is 0 Å². The molecule has 0 bridgehead atoms. The van der Waals surface area contributed by atoms with Gasteiger partial charge in [0.05, 0.1) is 12.2 Å². The van der Waals surface area contributed by atoms with Crippen molar-refractivity contribution < 1.29 is 14.6 Å². The van der Waals surface area contributed by atoms with Gasteiger partial charge in [0.1, 0.15) is 6.10 Å². The molecule has 1 aliphatic carbocycles. The summed E-state index contributed by atoms with van der Waals surface area (Å²) in [6.07, 6.45) is 2.01. The van der Waals surface area contributed by atoms with Crippen LogP contribution in [-0.2, 0) is 9.47 Å². The lowest BCUT2D eigenvalue weighted by Gasteiger charge is -2.21. The fourth-order valence-electron chi connectivity index (χ4n) is 2.22. The van der Waals surface area contributed by atoms with Crippen molar-refractivity contribution in [1.29, 1.82) is 0 Å². The second-order valence-corrected chi connectivity index (χ2v) is 4.26. The lowest BCUT2D eigenvalue weighted by molar-refractivity contribution is -0.165. The summed E-state index contributed by atoms with van der Waals surface area (Å²) in [5.74, 6) is -0.422. The Kier molecular flexibility index (Phi) is 1.98. The van der Waals surface area contributed by atoms with E-state index < -0.39 is 11.9 Å². The van der Waals surface area contributed by atoms with Crippen molar-refractivity contribution in [2.24, 2.45) is 5.92 Å². The highest BCUT2D eigenvalue weighted by molar-refractivity contribution is 5.03. The summed E-state index contributed by atoms with van der Waals surface area (Å²) < 4.78 is 11.2. The number of hydrogen-bond acceptors (Lipinski definition) is 3. The predicted octanol–water partition coefficient (Wildman–Crippen LogP) is 1.07. The van der Waals surface area contributed by atoms with E-state index in [9.17, 15) is 5.11 Å². The summed E-state index contributed by atoms with van der Waals surface area (Å²) in [4.78, 5) is 0. The Morgan fingerprint density at radius 3 is 2.69 bits per heavy atom. The van der Waals surface area contributed by atoms with Gasteiger partial charge in [0.15, 0.2) is 5.79 Å². The number of hydrogen-bond donors (Lipinski definition) is 1. The van der Waals surface area contributed by atoms with E-state index in [4.69, 9.17) is 9.47 Å². The molecule has 0 aromatic carbocycles. The molecular weight excluding hydrogens is 168 g/mol. The Bertz CT molecular complexity index is 224. The zero-order chi connectivity index (χ0) is 9.64. The van der Waals surface area contributed by atoms with Gasteiger partial charge in [-0.1, -0.05) is 6.08 Å². The Morgan fingerprint density at radius 1 is 1.46 bits per heavy atom. The molecule has 1 heterocycles. The van der Waals surface area contributed by atoms with Crippen molar-refractivity contribution >= 4 is 0 Å². The van der Waals surface area contributed by atoms with Crippen LogP contribution in [0.15, 0.2) is 12.7 Å². The van der Waals surface area contributed by atoms with E-state index in [1.165, 1.54) is 0 Å². The normalized spacial score (nSPS) is 47.6. The molecule has 0 unspecified atom stereocenters. The molecule has 2 fully saturated rings. The van der Waals surface area contributed by atoms with Crippen LogP contribution in [0.4, 0.5) is 0 Å². The number of ether oxygens (including phenoxy) is 2. The first-order chi connectivity index (χ1) is 6.03. The van der Waals surface area contributed by atoms with Crippen molar-refractivity contribution in [3.63, 3.8) is 0 Å².